The van der Waals surface area contributed by atoms with Crippen molar-refractivity contribution in [3.05, 3.63) is 11.7 Å². The van der Waals surface area contributed by atoms with Crippen LogP contribution in [0.2, 0.25) is 0 Å². The quantitative estimate of drug-likeness (QED) is 0.757. The molecule has 0 spiro atoms. The van der Waals surface area contributed by atoms with Crippen molar-refractivity contribution < 1.29 is 4.52 Å². The Bertz CT molecular complexity index is 295. The highest BCUT2D eigenvalue weighted by molar-refractivity contribution is 5.06. The molecule has 4 heteroatoms. The van der Waals surface area contributed by atoms with Crippen LogP contribution in [0.25, 0.3) is 0 Å². The van der Waals surface area contributed by atoms with Crippen molar-refractivity contribution >= 4 is 0 Å². The Balaban J connectivity index is 2.01. The molecule has 1 heterocycles. The Morgan fingerprint density at radius 3 is 2.92 bits per heavy atom. The topological polar surface area (TPSA) is 64.9 Å². The Hall–Kier alpha value is -0.900. The molecule has 0 amide bonds. The van der Waals surface area contributed by atoms with Crippen molar-refractivity contribution in [2.45, 2.75) is 38.6 Å². The third-order valence-electron chi connectivity index (χ3n) is 2.42. The maximum atomic E-state index is 5.63. The maximum absolute atomic E-state index is 5.63. The van der Waals surface area contributed by atoms with Gasteiger partial charge in [-0.05, 0) is 19.3 Å². The summed E-state index contributed by atoms with van der Waals surface area (Å²) in [6.07, 6.45) is 1.88. The molecule has 2 N–H and O–H groups in total. The second-order valence-corrected chi connectivity index (χ2v) is 4.05. The van der Waals surface area contributed by atoms with Crippen LogP contribution in [0.1, 0.15) is 37.9 Å². The number of rotatable bonds is 3. The highest BCUT2D eigenvalue weighted by Crippen LogP contribution is 2.45. The van der Waals surface area contributed by atoms with Gasteiger partial charge in [-0.15, -0.1) is 0 Å². The monoisotopic (exact) mass is 181 g/mol. The van der Waals surface area contributed by atoms with E-state index in [1.807, 2.05) is 6.92 Å². The lowest BCUT2D eigenvalue weighted by molar-refractivity contribution is 0.370. The van der Waals surface area contributed by atoms with Crippen molar-refractivity contribution in [1.29, 1.82) is 0 Å². The van der Waals surface area contributed by atoms with E-state index in [2.05, 4.69) is 17.1 Å². The van der Waals surface area contributed by atoms with Gasteiger partial charge in [-0.25, -0.2) is 0 Å². The Morgan fingerprint density at radius 1 is 1.69 bits per heavy atom. The average molecular weight is 181 g/mol. The number of hydrogen-bond donors (Lipinski definition) is 1. The zero-order valence-electron chi connectivity index (χ0n) is 8.03. The van der Waals surface area contributed by atoms with Gasteiger partial charge in [-0.2, -0.15) is 4.98 Å². The molecule has 1 aliphatic carbocycles. The minimum atomic E-state index is 0.0991. The van der Waals surface area contributed by atoms with Gasteiger partial charge in [-0.3, -0.25) is 0 Å². The van der Waals surface area contributed by atoms with E-state index in [0.29, 0.717) is 18.3 Å². The van der Waals surface area contributed by atoms with Crippen LogP contribution in [0.15, 0.2) is 4.52 Å². The predicted octanol–water partition coefficient (Wildman–Crippen LogP) is 1.08. The molecule has 1 fully saturated rings. The zero-order valence-corrected chi connectivity index (χ0v) is 8.03. The van der Waals surface area contributed by atoms with E-state index in [4.69, 9.17) is 10.3 Å². The van der Waals surface area contributed by atoms with Crippen LogP contribution in [0, 0.1) is 5.92 Å². The minimum absolute atomic E-state index is 0.0991. The number of hydrogen-bond acceptors (Lipinski definition) is 4. The lowest BCUT2D eigenvalue weighted by atomic mass is 10.2. The lowest BCUT2D eigenvalue weighted by Crippen LogP contribution is -2.18. The zero-order chi connectivity index (χ0) is 9.42. The van der Waals surface area contributed by atoms with Crippen molar-refractivity contribution in [3.63, 3.8) is 0 Å². The highest BCUT2D eigenvalue weighted by atomic mass is 16.5. The normalized spacial score (nSPS) is 28.8. The summed E-state index contributed by atoms with van der Waals surface area (Å²) in [6, 6.07) is 0.0991. The highest BCUT2D eigenvalue weighted by Gasteiger charge is 2.38. The summed E-state index contributed by atoms with van der Waals surface area (Å²) in [5.74, 6) is 2.75. The van der Waals surface area contributed by atoms with Gasteiger partial charge in [0.05, 0.1) is 0 Å². The Morgan fingerprint density at radius 2 is 2.38 bits per heavy atom. The summed E-state index contributed by atoms with van der Waals surface area (Å²) in [7, 11) is 0. The number of nitrogens with zero attached hydrogens (tertiary/aromatic N) is 2. The first-order valence-electron chi connectivity index (χ1n) is 4.75. The first-order valence-corrected chi connectivity index (χ1v) is 4.75. The minimum Gasteiger partial charge on any atom is -0.339 e. The second-order valence-electron chi connectivity index (χ2n) is 4.05. The molecule has 4 nitrogen and oxygen atoms in total. The van der Waals surface area contributed by atoms with Crippen molar-refractivity contribution in [2.75, 3.05) is 0 Å². The van der Waals surface area contributed by atoms with Gasteiger partial charge in [0.1, 0.15) is 0 Å². The van der Waals surface area contributed by atoms with Crippen LogP contribution in [0.5, 0.6) is 0 Å². The fourth-order valence-corrected chi connectivity index (χ4v) is 1.46. The van der Waals surface area contributed by atoms with E-state index in [9.17, 15) is 0 Å². The Labute approximate surface area is 77.5 Å². The van der Waals surface area contributed by atoms with Crippen molar-refractivity contribution in [1.82, 2.24) is 10.1 Å². The number of aromatic nitrogens is 2. The van der Waals surface area contributed by atoms with Crippen molar-refractivity contribution in [3.8, 4) is 0 Å². The Kier molecular flexibility index (Phi) is 2.07. The standard InChI is InChI=1S/C9H15N3O/c1-5-3-7(5)9-11-8(12-13-9)4-6(2)10/h5-7H,3-4,10H2,1-2H3. The van der Waals surface area contributed by atoms with E-state index in [1.165, 1.54) is 6.42 Å². The van der Waals surface area contributed by atoms with E-state index in [1.54, 1.807) is 0 Å². The van der Waals surface area contributed by atoms with Gasteiger partial charge >= 0.3 is 0 Å². The average Bonchev–Trinajstić information content (AvgIpc) is 2.60. The van der Waals surface area contributed by atoms with E-state index >= 15 is 0 Å². The van der Waals surface area contributed by atoms with Crippen LogP contribution >= 0.6 is 0 Å². The van der Waals surface area contributed by atoms with Crippen molar-refractivity contribution in [2.24, 2.45) is 11.7 Å². The van der Waals surface area contributed by atoms with Gasteiger partial charge < -0.3 is 10.3 Å². The van der Waals surface area contributed by atoms with Gasteiger partial charge in [0.2, 0.25) is 5.89 Å². The third kappa shape index (κ3) is 1.88. The molecule has 72 valence electrons. The first kappa shape index (κ1) is 8.69. The predicted molar refractivity (Wildman–Crippen MR) is 48.2 cm³/mol. The third-order valence-corrected chi connectivity index (χ3v) is 2.42. The van der Waals surface area contributed by atoms with Gasteiger partial charge in [0.15, 0.2) is 5.82 Å². The van der Waals surface area contributed by atoms with Gasteiger partial charge in [0.25, 0.3) is 0 Å². The molecule has 0 aromatic carbocycles. The van der Waals surface area contributed by atoms with Crippen LogP contribution in [0.4, 0.5) is 0 Å². The summed E-state index contributed by atoms with van der Waals surface area (Å²) < 4.78 is 5.14. The van der Waals surface area contributed by atoms with E-state index in [-0.39, 0.29) is 6.04 Å². The summed E-state index contributed by atoms with van der Waals surface area (Å²) in [4.78, 5) is 4.31. The molecule has 3 atom stereocenters. The molecule has 1 aliphatic rings. The maximum Gasteiger partial charge on any atom is 0.230 e. The molecule has 1 aromatic rings. The molecule has 0 radical (unpaired) electrons. The summed E-state index contributed by atoms with van der Waals surface area (Å²) in [5.41, 5.74) is 5.63. The fourth-order valence-electron chi connectivity index (χ4n) is 1.46. The summed E-state index contributed by atoms with van der Waals surface area (Å²) in [6.45, 7) is 4.13. The summed E-state index contributed by atoms with van der Waals surface area (Å²) in [5, 5.41) is 3.89. The largest absolute Gasteiger partial charge is 0.339 e. The molecule has 1 aromatic heterocycles. The van der Waals surface area contributed by atoms with Crippen LogP contribution in [-0.4, -0.2) is 16.2 Å². The van der Waals surface area contributed by atoms with Crippen LogP contribution in [0.3, 0.4) is 0 Å². The van der Waals surface area contributed by atoms with E-state index in [0.717, 1.165) is 11.7 Å². The molecular weight excluding hydrogens is 166 g/mol. The molecule has 3 unspecified atom stereocenters. The van der Waals surface area contributed by atoms with Crippen LogP contribution in [-0.2, 0) is 6.42 Å². The molecule has 0 saturated heterocycles. The molecule has 0 bridgehead atoms. The first-order chi connectivity index (χ1) is 6.16. The molecule has 2 rings (SSSR count). The fraction of sp³-hybridized carbons (Fsp3) is 0.778. The smallest absolute Gasteiger partial charge is 0.230 e. The SMILES string of the molecule is CC(N)Cc1noc(C2CC2C)n1. The van der Waals surface area contributed by atoms with Gasteiger partial charge in [-0.1, -0.05) is 12.1 Å². The van der Waals surface area contributed by atoms with Crippen LogP contribution < -0.4 is 5.73 Å². The summed E-state index contributed by atoms with van der Waals surface area (Å²) >= 11 is 0. The molecular formula is C9H15N3O. The number of nitrogens with two attached hydrogens (primary N) is 1. The second kappa shape index (κ2) is 3.10. The molecule has 1 saturated carbocycles. The van der Waals surface area contributed by atoms with Gasteiger partial charge in [0, 0.05) is 18.4 Å². The molecule has 0 aliphatic heterocycles. The molecule has 13 heavy (non-hydrogen) atoms. The van der Waals surface area contributed by atoms with E-state index < -0.39 is 0 Å². The lowest BCUT2D eigenvalue weighted by Gasteiger charge is -1.96.